The van der Waals surface area contributed by atoms with Gasteiger partial charge in [-0.1, -0.05) is 5.16 Å². The molecule has 0 saturated carbocycles. The molecule has 8 heteroatoms. The van der Waals surface area contributed by atoms with Gasteiger partial charge in [-0.2, -0.15) is 0 Å². The minimum absolute atomic E-state index is 0.0851. The molecule has 1 aliphatic rings. The molecule has 0 spiro atoms. The van der Waals surface area contributed by atoms with Crippen molar-refractivity contribution in [2.45, 2.75) is 12.8 Å². The Morgan fingerprint density at radius 2 is 2.24 bits per heavy atom. The Morgan fingerprint density at radius 1 is 1.59 bits per heavy atom. The van der Waals surface area contributed by atoms with Crippen LogP contribution in [-0.2, 0) is 14.6 Å². The number of likely N-dealkylation sites (tertiary alicyclic amines) is 1. The normalized spacial score (nSPS) is 22.5. The molecule has 7 nitrogen and oxygen atoms in total. The molecule has 0 aliphatic carbocycles. The fourth-order valence-electron chi connectivity index (χ4n) is 1.84. The van der Waals surface area contributed by atoms with Gasteiger partial charge in [0.05, 0.1) is 0 Å². The van der Waals surface area contributed by atoms with Gasteiger partial charge >= 0.3 is 0 Å². The Kier molecular flexibility index (Phi) is 4.33. The molecule has 0 bridgehead atoms. The van der Waals surface area contributed by atoms with E-state index in [0.717, 1.165) is 19.1 Å². The lowest BCUT2D eigenvalue weighted by molar-refractivity contribution is -0.129. The molecule has 0 aromatic heterocycles. The predicted molar refractivity (Wildman–Crippen MR) is 62.4 cm³/mol. The van der Waals surface area contributed by atoms with E-state index >= 15 is 0 Å². The van der Waals surface area contributed by atoms with E-state index < -0.39 is 21.5 Å². The lowest BCUT2D eigenvalue weighted by atomic mass is 9.97. The van der Waals surface area contributed by atoms with Gasteiger partial charge in [0.1, 0.15) is 11.6 Å². The van der Waals surface area contributed by atoms with Crippen LogP contribution in [0.2, 0.25) is 0 Å². The molecule has 1 atom stereocenters. The molecule has 1 saturated heterocycles. The second-order valence-electron chi connectivity index (χ2n) is 4.27. The molecule has 0 radical (unpaired) electrons. The van der Waals surface area contributed by atoms with Crippen molar-refractivity contribution < 1.29 is 18.4 Å². The van der Waals surface area contributed by atoms with Crippen LogP contribution in [0, 0.1) is 5.92 Å². The third kappa shape index (κ3) is 4.22. The van der Waals surface area contributed by atoms with E-state index in [1.807, 2.05) is 0 Å². The first kappa shape index (κ1) is 13.8. The molecule has 98 valence electrons. The summed E-state index contributed by atoms with van der Waals surface area (Å²) in [5.41, 5.74) is 5.48. The largest absolute Gasteiger partial charge is 0.409 e. The van der Waals surface area contributed by atoms with Crippen molar-refractivity contribution in [3.8, 4) is 0 Å². The second-order valence-corrected chi connectivity index (χ2v) is 6.41. The number of rotatable bonds is 3. The summed E-state index contributed by atoms with van der Waals surface area (Å²) in [6.07, 6.45) is 2.48. The SMILES string of the molecule is CS(=O)(=O)CC(=O)N1CCCC(C(N)=NO)C1. The zero-order valence-electron chi connectivity index (χ0n) is 9.66. The monoisotopic (exact) mass is 263 g/mol. The Morgan fingerprint density at radius 3 is 2.76 bits per heavy atom. The molecule has 3 N–H and O–H groups in total. The minimum atomic E-state index is -3.32. The molecule has 1 rings (SSSR count). The molecule has 1 aliphatic heterocycles. The topological polar surface area (TPSA) is 113 Å². The van der Waals surface area contributed by atoms with Crippen LogP contribution >= 0.6 is 0 Å². The van der Waals surface area contributed by atoms with E-state index in [1.54, 1.807) is 0 Å². The minimum Gasteiger partial charge on any atom is -0.409 e. The number of amidine groups is 1. The Hall–Kier alpha value is -1.31. The number of nitrogens with zero attached hydrogens (tertiary/aromatic N) is 2. The van der Waals surface area contributed by atoms with Crippen molar-refractivity contribution in [1.82, 2.24) is 4.90 Å². The molecular weight excluding hydrogens is 246 g/mol. The zero-order chi connectivity index (χ0) is 13.1. The van der Waals surface area contributed by atoms with E-state index in [-0.39, 0.29) is 11.8 Å². The number of carbonyl (C=O) groups is 1. The lowest BCUT2D eigenvalue weighted by Gasteiger charge is -2.31. The standard InChI is InChI=1S/C9H17N3O4S/c1-17(15,16)6-8(13)12-4-2-3-7(5-12)9(10)11-14/h7,14H,2-6H2,1H3,(H2,10,11). The van der Waals surface area contributed by atoms with Crippen LogP contribution in [0.1, 0.15) is 12.8 Å². The summed E-state index contributed by atoms with van der Waals surface area (Å²) in [5.74, 6) is -1.03. The highest BCUT2D eigenvalue weighted by atomic mass is 32.2. The van der Waals surface area contributed by atoms with E-state index in [1.165, 1.54) is 4.90 Å². The number of sulfone groups is 1. The van der Waals surface area contributed by atoms with Crippen LogP contribution in [-0.4, -0.2) is 55.4 Å². The van der Waals surface area contributed by atoms with Crippen LogP contribution in [0.4, 0.5) is 0 Å². The number of piperidine rings is 1. The van der Waals surface area contributed by atoms with Gasteiger partial charge in [-0.3, -0.25) is 4.79 Å². The van der Waals surface area contributed by atoms with E-state index in [4.69, 9.17) is 10.9 Å². The van der Waals surface area contributed by atoms with Gasteiger partial charge in [-0.05, 0) is 12.8 Å². The molecular formula is C9H17N3O4S. The Balaban J connectivity index is 2.64. The summed E-state index contributed by atoms with van der Waals surface area (Å²) in [6.45, 7) is 0.827. The number of carbonyl (C=O) groups excluding carboxylic acids is 1. The third-order valence-corrected chi connectivity index (χ3v) is 3.46. The summed E-state index contributed by atoms with van der Waals surface area (Å²) in [5, 5.41) is 11.5. The fraction of sp³-hybridized carbons (Fsp3) is 0.778. The number of oxime groups is 1. The highest BCUT2D eigenvalue weighted by molar-refractivity contribution is 7.91. The van der Waals surface area contributed by atoms with Crippen LogP contribution in [0.3, 0.4) is 0 Å². The van der Waals surface area contributed by atoms with Crippen LogP contribution in [0.25, 0.3) is 0 Å². The average Bonchev–Trinajstić information content (AvgIpc) is 2.26. The van der Waals surface area contributed by atoms with Gasteiger partial charge in [-0.25, -0.2) is 8.42 Å². The first-order valence-corrected chi connectivity index (χ1v) is 7.32. The van der Waals surface area contributed by atoms with Crippen molar-refractivity contribution in [1.29, 1.82) is 0 Å². The highest BCUT2D eigenvalue weighted by Crippen LogP contribution is 2.16. The van der Waals surface area contributed by atoms with Crippen LogP contribution < -0.4 is 5.73 Å². The number of hydrogen-bond acceptors (Lipinski definition) is 5. The number of amides is 1. The van der Waals surface area contributed by atoms with Crippen molar-refractivity contribution in [2.75, 3.05) is 25.1 Å². The summed E-state index contributed by atoms with van der Waals surface area (Å²) >= 11 is 0. The maximum absolute atomic E-state index is 11.7. The molecule has 17 heavy (non-hydrogen) atoms. The second kappa shape index (κ2) is 5.35. The third-order valence-electron chi connectivity index (χ3n) is 2.69. The number of nitrogens with two attached hydrogens (primary N) is 1. The average molecular weight is 263 g/mol. The first-order chi connectivity index (χ1) is 7.83. The van der Waals surface area contributed by atoms with Gasteiger partial charge < -0.3 is 15.8 Å². The summed E-state index contributed by atoms with van der Waals surface area (Å²) in [6, 6.07) is 0. The summed E-state index contributed by atoms with van der Waals surface area (Å²) < 4.78 is 22.0. The number of hydrogen-bond donors (Lipinski definition) is 2. The predicted octanol–water partition coefficient (Wildman–Crippen LogP) is -0.984. The zero-order valence-corrected chi connectivity index (χ0v) is 10.5. The van der Waals surface area contributed by atoms with E-state index in [0.29, 0.717) is 13.1 Å². The van der Waals surface area contributed by atoms with Crippen molar-refractivity contribution >= 4 is 21.6 Å². The maximum Gasteiger partial charge on any atom is 0.237 e. The molecule has 1 heterocycles. The first-order valence-electron chi connectivity index (χ1n) is 5.26. The molecule has 0 aromatic carbocycles. The quantitative estimate of drug-likeness (QED) is 0.294. The van der Waals surface area contributed by atoms with Gasteiger partial charge in [0.25, 0.3) is 0 Å². The van der Waals surface area contributed by atoms with Crippen molar-refractivity contribution in [3.05, 3.63) is 0 Å². The molecule has 1 fully saturated rings. The molecule has 1 amide bonds. The molecule has 1 unspecified atom stereocenters. The molecule has 0 aromatic rings. The van der Waals surface area contributed by atoms with Gasteiger partial charge in [0.2, 0.25) is 5.91 Å². The summed E-state index contributed by atoms with van der Waals surface area (Å²) in [4.78, 5) is 13.1. The van der Waals surface area contributed by atoms with Gasteiger partial charge in [0, 0.05) is 25.3 Å². The Labute approximate surface area is 100 Å². The fourth-order valence-corrected chi connectivity index (χ4v) is 2.47. The van der Waals surface area contributed by atoms with Crippen LogP contribution in [0.15, 0.2) is 5.16 Å². The van der Waals surface area contributed by atoms with Crippen molar-refractivity contribution in [3.63, 3.8) is 0 Å². The highest BCUT2D eigenvalue weighted by Gasteiger charge is 2.27. The van der Waals surface area contributed by atoms with Crippen LogP contribution in [0.5, 0.6) is 0 Å². The Bertz CT molecular complexity index is 418. The summed E-state index contributed by atoms with van der Waals surface area (Å²) in [7, 11) is -3.32. The van der Waals surface area contributed by atoms with Crippen molar-refractivity contribution in [2.24, 2.45) is 16.8 Å². The maximum atomic E-state index is 11.7. The van der Waals surface area contributed by atoms with E-state index in [2.05, 4.69) is 5.16 Å². The van der Waals surface area contributed by atoms with E-state index in [9.17, 15) is 13.2 Å². The van der Waals surface area contributed by atoms with Gasteiger partial charge in [-0.15, -0.1) is 0 Å². The van der Waals surface area contributed by atoms with Gasteiger partial charge in [0.15, 0.2) is 9.84 Å². The lowest BCUT2D eigenvalue weighted by Crippen LogP contribution is -2.46. The smallest absolute Gasteiger partial charge is 0.237 e.